The first-order chi connectivity index (χ1) is 9.25. The number of carboxylic acid groups (broad SMARTS) is 1. The summed E-state index contributed by atoms with van der Waals surface area (Å²) in [6, 6.07) is 3.99. The van der Waals surface area contributed by atoms with Crippen LogP contribution in [0.1, 0.15) is 55.9 Å². The van der Waals surface area contributed by atoms with Crippen molar-refractivity contribution in [1.82, 2.24) is 5.32 Å². The minimum atomic E-state index is -0.730. The summed E-state index contributed by atoms with van der Waals surface area (Å²) in [5.41, 5.74) is 0. The lowest BCUT2D eigenvalue weighted by molar-refractivity contribution is -0.137. The van der Waals surface area contributed by atoms with Gasteiger partial charge in [0, 0.05) is 4.88 Å². The average Bonchev–Trinajstić information content (AvgIpc) is 2.78. The standard InChI is InChI=1S/C15H23NO2S/c17-15(18)10-13(14-8-5-9-19-14)16-11-12-6-3-1-2-4-7-12/h5,8-9,12-13,16H,1-4,6-7,10-11H2,(H,17,18). The van der Waals surface area contributed by atoms with Crippen LogP contribution in [0.4, 0.5) is 0 Å². The van der Waals surface area contributed by atoms with Crippen LogP contribution >= 0.6 is 11.3 Å². The number of carbonyl (C=O) groups is 1. The van der Waals surface area contributed by atoms with E-state index in [1.165, 1.54) is 38.5 Å². The highest BCUT2D eigenvalue weighted by molar-refractivity contribution is 7.10. The molecule has 0 aliphatic heterocycles. The first-order valence-corrected chi connectivity index (χ1v) is 8.12. The maximum Gasteiger partial charge on any atom is 0.305 e. The molecule has 2 N–H and O–H groups in total. The molecule has 0 spiro atoms. The van der Waals surface area contributed by atoms with Crippen molar-refractivity contribution in [2.75, 3.05) is 6.54 Å². The van der Waals surface area contributed by atoms with Gasteiger partial charge < -0.3 is 10.4 Å². The van der Waals surface area contributed by atoms with E-state index in [0.29, 0.717) is 0 Å². The van der Waals surface area contributed by atoms with E-state index in [0.717, 1.165) is 17.3 Å². The summed E-state index contributed by atoms with van der Waals surface area (Å²) in [5, 5.41) is 14.5. The number of thiophene rings is 1. The third-order valence-electron chi connectivity index (χ3n) is 3.89. The molecule has 1 heterocycles. The maximum atomic E-state index is 11.0. The Morgan fingerprint density at radius 3 is 2.68 bits per heavy atom. The van der Waals surface area contributed by atoms with E-state index in [1.807, 2.05) is 17.5 Å². The van der Waals surface area contributed by atoms with Gasteiger partial charge in [-0.05, 0) is 36.8 Å². The second-order valence-corrected chi connectivity index (χ2v) is 6.41. The number of aliphatic carboxylic acids is 1. The van der Waals surface area contributed by atoms with Gasteiger partial charge in [-0.15, -0.1) is 11.3 Å². The van der Waals surface area contributed by atoms with Crippen molar-refractivity contribution in [2.45, 2.75) is 51.0 Å². The Bertz CT molecular complexity index is 370. The molecule has 0 bridgehead atoms. The van der Waals surface area contributed by atoms with Crippen LogP contribution in [-0.4, -0.2) is 17.6 Å². The van der Waals surface area contributed by atoms with Crippen LogP contribution in [0.3, 0.4) is 0 Å². The fourth-order valence-electron chi connectivity index (χ4n) is 2.81. The van der Waals surface area contributed by atoms with Crippen LogP contribution in [0.25, 0.3) is 0 Å². The van der Waals surface area contributed by atoms with Gasteiger partial charge in [-0.25, -0.2) is 0 Å². The zero-order chi connectivity index (χ0) is 13.5. The van der Waals surface area contributed by atoms with E-state index < -0.39 is 5.97 Å². The highest BCUT2D eigenvalue weighted by atomic mass is 32.1. The molecule has 1 aliphatic rings. The number of nitrogens with one attached hydrogen (secondary N) is 1. The first kappa shape index (κ1) is 14.5. The molecule has 1 fully saturated rings. The van der Waals surface area contributed by atoms with Crippen molar-refractivity contribution in [3.05, 3.63) is 22.4 Å². The number of rotatable bonds is 6. The second kappa shape index (κ2) is 7.65. The fraction of sp³-hybridized carbons (Fsp3) is 0.667. The van der Waals surface area contributed by atoms with Crippen LogP contribution in [0.15, 0.2) is 17.5 Å². The Kier molecular flexibility index (Phi) is 5.86. The molecular weight excluding hydrogens is 258 g/mol. The van der Waals surface area contributed by atoms with Crippen LogP contribution < -0.4 is 5.32 Å². The van der Waals surface area contributed by atoms with E-state index >= 15 is 0 Å². The summed E-state index contributed by atoms with van der Waals surface area (Å²) in [4.78, 5) is 12.1. The predicted octanol–water partition coefficient (Wildman–Crippen LogP) is 3.82. The average molecular weight is 281 g/mol. The maximum absolute atomic E-state index is 11.0. The van der Waals surface area contributed by atoms with Gasteiger partial charge in [0.1, 0.15) is 0 Å². The van der Waals surface area contributed by atoms with E-state index in [-0.39, 0.29) is 12.5 Å². The molecule has 2 rings (SSSR count). The second-order valence-electron chi connectivity index (χ2n) is 5.43. The lowest BCUT2D eigenvalue weighted by Gasteiger charge is -2.20. The molecule has 1 unspecified atom stereocenters. The summed E-state index contributed by atoms with van der Waals surface area (Å²) < 4.78 is 0. The van der Waals surface area contributed by atoms with Crippen molar-refractivity contribution >= 4 is 17.3 Å². The minimum Gasteiger partial charge on any atom is -0.481 e. The molecule has 1 aromatic rings. The Labute approximate surface area is 119 Å². The third kappa shape index (κ3) is 4.96. The quantitative estimate of drug-likeness (QED) is 0.779. The molecule has 0 radical (unpaired) electrons. The van der Waals surface area contributed by atoms with Crippen molar-refractivity contribution in [3.63, 3.8) is 0 Å². The molecule has 4 heteroatoms. The normalized spacial score (nSPS) is 18.9. The van der Waals surface area contributed by atoms with Crippen LogP contribution in [-0.2, 0) is 4.79 Å². The molecule has 0 saturated heterocycles. The van der Waals surface area contributed by atoms with Crippen molar-refractivity contribution in [1.29, 1.82) is 0 Å². The highest BCUT2D eigenvalue weighted by Gasteiger charge is 2.19. The van der Waals surface area contributed by atoms with Gasteiger partial charge in [-0.3, -0.25) is 4.79 Å². The lowest BCUT2D eigenvalue weighted by atomic mass is 9.99. The Balaban J connectivity index is 1.87. The molecule has 0 amide bonds. The number of hydrogen-bond donors (Lipinski definition) is 2. The SMILES string of the molecule is O=C(O)CC(NCC1CCCCCC1)c1cccs1. The molecule has 19 heavy (non-hydrogen) atoms. The minimum absolute atomic E-state index is 0.0271. The van der Waals surface area contributed by atoms with Gasteiger partial charge in [0.25, 0.3) is 0 Å². The largest absolute Gasteiger partial charge is 0.481 e. The van der Waals surface area contributed by atoms with E-state index in [4.69, 9.17) is 5.11 Å². The fourth-order valence-corrected chi connectivity index (χ4v) is 3.62. The Hall–Kier alpha value is -0.870. The van der Waals surface area contributed by atoms with Crippen molar-refractivity contribution in [2.24, 2.45) is 5.92 Å². The van der Waals surface area contributed by atoms with E-state index in [2.05, 4.69) is 5.32 Å². The summed E-state index contributed by atoms with van der Waals surface area (Å²) >= 11 is 1.64. The van der Waals surface area contributed by atoms with Gasteiger partial charge >= 0.3 is 5.97 Å². The summed E-state index contributed by atoms with van der Waals surface area (Å²) in [7, 11) is 0. The smallest absolute Gasteiger partial charge is 0.305 e. The predicted molar refractivity (Wildman–Crippen MR) is 78.5 cm³/mol. The summed E-state index contributed by atoms with van der Waals surface area (Å²) in [5.74, 6) is -0.00877. The van der Waals surface area contributed by atoms with Crippen molar-refractivity contribution in [3.8, 4) is 0 Å². The molecule has 1 aliphatic carbocycles. The van der Waals surface area contributed by atoms with E-state index in [9.17, 15) is 4.79 Å². The zero-order valence-corrected chi connectivity index (χ0v) is 12.1. The Morgan fingerprint density at radius 2 is 2.11 bits per heavy atom. The molecule has 0 aromatic carbocycles. The Morgan fingerprint density at radius 1 is 1.37 bits per heavy atom. The lowest BCUT2D eigenvalue weighted by Crippen LogP contribution is -2.28. The zero-order valence-electron chi connectivity index (χ0n) is 11.3. The highest BCUT2D eigenvalue weighted by Crippen LogP contribution is 2.25. The molecular formula is C15H23NO2S. The van der Waals surface area contributed by atoms with Crippen LogP contribution in [0.2, 0.25) is 0 Å². The van der Waals surface area contributed by atoms with Crippen LogP contribution in [0.5, 0.6) is 0 Å². The number of hydrogen-bond acceptors (Lipinski definition) is 3. The van der Waals surface area contributed by atoms with Gasteiger partial charge in [0.05, 0.1) is 12.5 Å². The number of carboxylic acids is 1. The molecule has 3 nitrogen and oxygen atoms in total. The molecule has 1 aromatic heterocycles. The molecule has 1 atom stereocenters. The summed E-state index contributed by atoms with van der Waals surface area (Å²) in [6.45, 7) is 0.954. The van der Waals surface area contributed by atoms with Gasteiger partial charge in [-0.2, -0.15) is 0 Å². The molecule has 106 valence electrons. The van der Waals surface area contributed by atoms with Crippen molar-refractivity contribution < 1.29 is 9.90 Å². The summed E-state index contributed by atoms with van der Waals surface area (Å²) in [6.07, 6.45) is 8.13. The van der Waals surface area contributed by atoms with E-state index in [1.54, 1.807) is 11.3 Å². The first-order valence-electron chi connectivity index (χ1n) is 7.24. The van der Waals surface area contributed by atoms with Crippen LogP contribution in [0, 0.1) is 5.92 Å². The van der Waals surface area contributed by atoms with Gasteiger partial charge in [0.2, 0.25) is 0 Å². The molecule has 1 saturated carbocycles. The monoisotopic (exact) mass is 281 g/mol. The topological polar surface area (TPSA) is 49.3 Å². The third-order valence-corrected chi connectivity index (χ3v) is 4.88. The van der Waals surface area contributed by atoms with Gasteiger partial charge in [-0.1, -0.05) is 31.7 Å². The van der Waals surface area contributed by atoms with Gasteiger partial charge in [0.15, 0.2) is 0 Å².